The fraction of sp³-hybridized carbons (Fsp3) is 0.500. The van der Waals surface area contributed by atoms with Crippen molar-refractivity contribution in [1.82, 2.24) is 5.32 Å². The van der Waals surface area contributed by atoms with Gasteiger partial charge in [-0.1, -0.05) is 31.0 Å². The third-order valence-corrected chi connectivity index (χ3v) is 4.19. The quantitative estimate of drug-likeness (QED) is 0.883. The molecule has 2 unspecified atom stereocenters. The van der Waals surface area contributed by atoms with Gasteiger partial charge in [0.1, 0.15) is 11.3 Å². The minimum Gasteiger partial charge on any atom is -0.461 e. The molecule has 1 saturated carbocycles. The smallest absolute Gasteiger partial charge is 0.134 e. The maximum Gasteiger partial charge on any atom is 0.134 e. The van der Waals surface area contributed by atoms with Gasteiger partial charge < -0.3 is 9.73 Å². The Balaban J connectivity index is 1.91. The zero-order valence-corrected chi connectivity index (χ0v) is 11.0. The van der Waals surface area contributed by atoms with Crippen LogP contribution in [0.3, 0.4) is 0 Å². The van der Waals surface area contributed by atoms with Crippen molar-refractivity contribution in [3.8, 4) is 0 Å². The first kappa shape index (κ1) is 11.8. The zero-order valence-electron chi connectivity index (χ0n) is 11.0. The van der Waals surface area contributed by atoms with Gasteiger partial charge in [0.05, 0.1) is 0 Å². The number of benzene rings is 1. The fourth-order valence-electron chi connectivity index (χ4n) is 3.27. The van der Waals surface area contributed by atoms with Crippen LogP contribution >= 0.6 is 0 Å². The second-order valence-corrected chi connectivity index (χ2v) is 5.40. The Labute approximate surface area is 108 Å². The molecule has 3 rings (SSSR count). The first-order chi connectivity index (χ1) is 8.88. The maximum absolute atomic E-state index is 6.06. The molecule has 1 heterocycles. The number of nitrogens with one attached hydrogen (secondary N) is 1. The van der Waals surface area contributed by atoms with Gasteiger partial charge >= 0.3 is 0 Å². The first-order valence-corrected chi connectivity index (χ1v) is 7.01. The van der Waals surface area contributed by atoms with Gasteiger partial charge in [0, 0.05) is 11.3 Å². The molecule has 2 aromatic rings. The van der Waals surface area contributed by atoms with Gasteiger partial charge in [-0.3, -0.25) is 0 Å². The second-order valence-electron chi connectivity index (χ2n) is 5.40. The summed E-state index contributed by atoms with van der Waals surface area (Å²) in [7, 11) is 2.05. The number of fused-ring (bicyclic) bond motifs is 1. The number of hydrogen-bond donors (Lipinski definition) is 1. The van der Waals surface area contributed by atoms with E-state index < -0.39 is 0 Å². The summed E-state index contributed by atoms with van der Waals surface area (Å²) >= 11 is 0. The average Bonchev–Trinajstić information content (AvgIpc) is 2.83. The van der Waals surface area contributed by atoms with Crippen molar-refractivity contribution in [1.29, 1.82) is 0 Å². The van der Waals surface area contributed by atoms with E-state index in [-0.39, 0.29) is 0 Å². The summed E-state index contributed by atoms with van der Waals surface area (Å²) in [5, 5.41) is 4.57. The fourth-order valence-corrected chi connectivity index (χ4v) is 3.27. The molecule has 2 heteroatoms. The molecule has 0 radical (unpaired) electrons. The zero-order chi connectivity index (χ0) is 12.4. The Morgan fingerprint density at radius 1 is 1.22 bits per heavy atom. The highest BCUT2D eigenvalue weighted by Gasteiger charge is 2.28. The van der Waals surface area contributed by atoms with Crippen LogP contribution in [0.2, 0.25) is 0 Å². The van der Waals surface area contributed by atoms with Crippen LogP contribution in [-0.2, 0) is 0 Å². The SMILES string of the molecule is CNCC1CCCCC1c1cc2ccccc2o1. The molecule has 1 aromatic carbocycles. The number of hydrogen-bond acceptors (Lipinski definition) is 2. The molecule has 0 amide bonds. The standard InChI is InChI=1S/C16H21NO/c1-17-11-13-7-2-4-8-14(13)16-10-12-6-3-5-9-15(12)18-16/h3,5-6,9-10,13-14,17H,2,4,7-8,11H2,1H3. The lowest BCUT2D eigenvalue weighted by molar-refractivity contribution is 0.272. The molecule has 2 nitrogen and oxygen atoms in total. The largest absolute Gasteiger partial charge is 0.461 e. The molecule has 0 bridgehead atoms. The summed E-state index contributed by atoms with van der Waals surface area (Å²) in [6.07, 6.45) is 5.29. The van der Waals surface area contributed by atoms with Crippen LogP contribution in [0.25, 0.3) is 11.0 Å². The molecule has 96 valence electrons. The Hall–Kier alpha value is -1.28. The van der Waals surface area contributed by atoms with E-state index in [1.807, 2.05) is 13.1 Å². The average molecular weight is 243 g/mol. The van der Waals surface area contributed by atoms with Crippen LogP contribution in [0.15, 0.2) is 34.7 Å². The summed E-state index contributed by atoms with van der Waals surface area (Å²) in [6, 6.07) is 10.6. The Kier molecular flexibility index (Phi) is 3.37. The van der Waals surface area contributed by atoms with Gasteiger partial charge in [-0.05, 0) is 44.5 Å². The van der Waals surface area contributed by atoms with Crippen LogP contribution in [-0.4, -0.2) is 13.6 Å². The van der Waals surface area contributed by atoms with E-state index in [4.69, 9.17) is 4.42 Å². The number of rotatable bonds is 3. The van der Waals surface area contributed by atoms with E-state index in [9.17, 15) is 0 Å². The van der Waals surface area contributed by atoms with Crippen molar-refractivity contribution in [2.24, 2.45) is 5.92 Å². The molecule has 0 saturated heterocycles. The van der Waals surface area contributed by atoms with E-state index in [0.29, 0.717) is 5.92 Å². The van der Waals surface area contributed by atoms with Crippen LogP contribution in [0.1, 0.15) is 37.4 Å². The predicted octanol–water partition coefficient (Wildman–Crippen LogP) is 3.93. The molecule has 1 aliphatic carbocycles. The molecular weight excluding hydrogens is 222 g/mol. The first-order valence-electron chi connectivity index (χ1n) is 7.01. The summed E-state index contributed by atoms with van der Waals surface area (Å²) in [6.45, 7) is 1.10. The van der Waals surface area contributed by atoms with E-state index in [0.717, 1.165) is 18.0 Å². The molecule has 2 atom stereocenters. The van der Waals surface area contributed by atoms with Crippen LogP contribution in [0, 0.1) is 5.92 Å². The summed E-state index contributed by atoms with van der Waals surface area (Å²) in [5.41, 5.74) is 1.03. The summed E-state index contributed by atoms with van der Waals surface area (Å²) < 4.78 is 6.06. The third kappa shape index (κ3) is 2.17. The van der Waals surface area contributed by atoms with Crippen molar-refractivity contribution >= 4 is 11.0 Å². The topological polar surface area (TPSA) is 25.2 Å². The number of para-hydroxylation sites is 1. The third-order valence-electron chi connectivity index (χ3n) is 4.19. The van der Waals surface area contributed by atoms with Crippen molar-refractivity contribution in [3.05, 3.63) is 36.1 Å². The lowest BCUT2D eigenvalue weighted by Gasteiger charge is -2.29. The molecule has 18 heavy (non-hydrogen) atoms. The maximum atomic E-state index is 6.06. The molecule has 0 spiro atoms. The van der Waals surface area contributed by atoms with Gasteiger partial charge in [-0.2, -0.15) is 0 Å². The van der Waals surface area contributed by atoms with Crippen LogP contribution in [0.4, 0.5) is 0 Å². The van der Waals surface area contributed by atoms with Gasteiger partial charge in [0.2, 0.25) is 0 Å². The highest BCUT2D eigenvalue weighted by Crippen LogP contribution is 2.39. The van der Waals surface area contributed by atoms with E-state index >= 15 is 0 Å². The highest BCUT2D eigenvalue weighted by atomic mass is 16.3. The van der Waals surface area contributed by atoms with E-state index in [1.165, 1.54) is 36.8 Å². The van der Waals surface area contributed by atoms with Crippen molar-refractivity contribution in [3.63, 3.8) is 0 Å². The van der Waals surface area contributed by atoms with Crippen LogP contribution < -0.4 is 5.32 Å². The number of furan rings is 1. The molecule has 0 aliphatic heterocycles. The minimum absolute atomic E-state index is 0.596. The normalized spacial score (nSPS) is 24.5. The van der Waals surface area contributed by atoms with Gasteiger partial charge in [-0.25, -0.2) is 0 Å². The van der Waals surface area contributed by atoms with Crippen molar-refractivity contribution in [2.75, 3.05) is 13.6 Å². The van der Waals surface area contributed by atoms with E-state index in [2.05, 4.69) is 29.6 Å². The highest BCUT2D eigenvalue weighted by molar-refractivity contribution is 5.77. The molecule has 1 fully saturated rings. The van der Waals surface area contributed by atoms with E-state index in [1.54, 1.807) is 0 Å². The lowest BCUT2D eigenvalue weighted by atomic mass is 9.78. The Morgan fingerprint density at radius 3 is 2.89 bits per heavy atom. The van der Waals surface area contributed by atoms with Gasteiger partial charge in [0.15, 0.2) is 0 Å². The van der Waals surface area contributed by atoms with Crippen molar-refractivity contribution < 1.29 is 4.42 Å². The monoisotopic (exact) mass is 243 g/mol. The van der Waals surface area contributed by atoms with Gasteiger partial charge in [-0.15, -0.1) is 0 Å². The van der Waals surface area contributed by atoms with Crippen molar-refractivity contribution in [2.45, 2.75) is 31.6 Å². The molecule has 1 aromatic heterocycles. The lowest BCUT2D eigenvalue weighted by Crippen LogP contribution is -2.27. The second kappa shape index (κ2) is 5.15. The Bertz CT molecular complexity index is 482. The Morgan fingerprint density at radius 2 is 2.06 bits per heavy atom. The predicted molar refractivity (Wildman–Crippen MR) is 74.8 cm³/mol. The molecular formula is C16H21NO. The molecule has 1 N–H and O–H groups in total. The minimum atomic E-state index is 0.596. The van der Waals surface area contributed by atoms with Gasteiger partial charge in [0.25, 0.3) is 0 Å². The van der Waals surface area contributed by atoms with Crippen LogP contribution in [0.5, 0.6) is 0 Å². The summed E-state index contributed by atoms with van der Waals surface area (Å²) in [4.78, 5) is 0. The molecule has 1 aliphatic rings. The summed E-state index contributed by atoms with van der Waals surface area (Å²) in [5.74, 6) is 2.51.